The highest BCUT2D eigenvalue weighted by atomic mass is 16.2. The Balaban J connectivity index is 1.61. The van der Waals surface area contributed by atoms with E-state index in [0.29, 0.717) is 28.1 Å². The number of amides is 1. The first-order chi connectivity index (χ1) is 16.0. The van der Waals surface area contributed by atoms with E-state index in [-0.39, 0.29) is 18.1 Å². The Morgan fingerprint density at radius 2 is 1.76 bits per heavy atom. The highest BCUT2D eigenvalue weighted by Crippen LogP contribution is 2.23. The predicted octanol–water partition coefficient (Wildman–Crippen LogP) is 3.53. The van der Waals surface area contributed by atoms with Crippen LogP contribution < -0.4 is 10.9 Å². The van der Waals surface area contributed by atoms with Crippen LogP contribution in [0.5, 0.6) is 0 Å². The molecule has 0 radical (unpaired) electrons. The zero-order valence-corrected chi connectivity index (χ0v) is 17.7. The Bertz CT molecular complexity index is 1620. The highest BCUT2D eigenvalue weighted by molar-refractivity contribution is 5.92. The second kappa shape index (κ2) is 8.05. The number of carbonyl (C=O) groups is 1. The molecule has 8 heteroatoms. The van der Waals surface area contributed by atoms with Crippen LogP contribution in [0, 0.1) is 18.3 Å². The molecule has 5 rings (SSSR count). The number of aromatic nitrogens is 4. The van der Waals surface area contributed by atoms with E-state index in [0.717, 1.165) is 11.1 Å². The van der Waals surface area contributed by atoms with Gasteiger partial charge in [0.15, 0.2) is 5.82 Å². The number of nitrogens with one attached hydrogen (secondary N) is 1. The number of benzene rings is 3. The molecule has 2 aromatic heterocycles. The second-order valence-corrected chi connectivity index (χ2v) is 7.67. The number of rotatable bonds is 4. The average molecular weight is 434 g/mol. The maximum atomic E-state index is 13.3. The van der Waals surface area contributed by atoms with Gasteiger partial charge in [-0.3, -0.25) is 18.6 Å². The van der Waals surface area contributed by atoms with Crippen LogP contribution in [0.3, 0.4) is 0 Å². The van der Waals surface area contributed by atoms with Gasteiger partial charge >= 0.3 is 0 Å². The molecule has 0 unspecified atom stereocenters. The second-order valence-electron chi connectivity index (χ2n) is 7.67. The fraction of sp³-hybridized carbons (Fsp3) is 0.0800. The lowest BCUT2D eigenvalue weighted by atomic mass is 10.1. The van der Waals surface area contributed by atoms with Crippen LogP contribution in [-0.4, -0.2) is 25.1 Å². The Hall–Kier alpha value is -4.77. The van der Waals surface area contributed by atoms with E-state index in [4.69, 9.17) is 5.26 Å². The third kappa shape index (κ3) is 3.62. The minimum Gasteiger partial charge on any atom is -0.324 e. The molecule has 0 bridgehead atoms. The van der Waals surface area contributed by atoms with Gasteiger partial charge in [-0.25, -0.2) is 0 Å². The van der Waals surface area contributed by atoms with Crippen molar-refractivity contribution in [2.24, 2.45) is 0 Å². The van der Waals surface area contributed by atoms with Gasteiger partial charge in [0.25, 0.3) is 5.56 Å². The van der Waals surface area contributed by atoms with Crippen molar-refractivity contribution < 1.29 is 4.79 Å². The van der Waals surface area contributed by atoms with E-state index in [1.807, 2.05) is 55.5 Å². The number of hydrogen-bond acceptors (Lipinski definition) is 5. The summed E-state index contributed by atoms with van der Waals surface area (Å²) in [6, 6.07) is 23.8. The van der Waals surface area contributed by atoms with Gasteiger partial charge < -0.3 is 5.32 Å². The molecule has 0 fully saturated rings. The van der Waals surface area contributed by atoms with Gasteiger partial charge in [0, 0.05) is 11.3 Å². The van der Waals surface area contributed by atoms with Crippen LogP contribution in [0.15, 0.2) is 77.6 Å². The summed E-state index contributed by atoms with van der Waals surface area (Å²) in [7, 11) is 0. The molecule has 33 heavy (non-hydrogen) atoms. The van der Waals surface area contributed by atoms with E-state index < -0.39 is 5.56 Å². The van der Waals surface area contributed by atoms with Crippen LogP contribution >= 0.6 is 0 Å². The van der Waals surface area contributed by atoms with Gasteiger partial charge in [0.05, 0.1) is 22.7 Å². The Morgan fingerprint density at radius 1 is 1.00 bits per heavy atom. The maximum Gasteiger partial charge on any atom is 0.297 e. The molecule has 0 aliphatic carbocycles. The minimum absolute atomic E-state index is 0.142. The zero-order valence-electron chi connectivity index (χ0n) is 17.7. The normalized spacial score (nSPS) is 10.9. The monoisotopic (exact) mass is 434 g/mol. The smallest absolute Gasteiger partial charge is 0.297 e. The van der Waals surface area contributed by atoms with Gasteiger partial charge in [-0.05, 0) is 37.3 Å². The lowest BCUT2D eigenvalue weighted by molar-refractivity contribution is -0.116. The molecule has 160 valence electrons. The summed E-state index contributed by atoms with van der Waals surface area (Å²) in [4.78, 5) is 26.1. The number of aryl methyl sites for hydroxylation is 1. The largest absolute Gasteiger partial charge is 0.324 e. The van der Waals surface area contributed by atoms with Gasteiger partial charge in [-0.15, -0.1) is 10.2 Å². The molecule has 0 spiro atoms. The number of fused-ring (bicyclic) bond motifs is 3. The van der Waals surface area contributed by atoms with Crippen LogP contribution in [0.25, 0.3) is 28.1 Å². The molecule has 3 aromatic carbocycles. The summed E-state index contributed by atoms with van der Waals surface area (Å²) in [5.41, 5.74) is 3.90. The lowest BCUT2D eigenvalue weighted by Gasteiger charge is -2.13. The van der Waals surface area contributed by atoms with E-state index >= 15 is 0 Å². The maximum absolute atomic E-state index is 13.3. The third-order valence-corrected chi connectivity index (χ3v) is 5.40. The molecular formula is C25H18N6O2. The van der Waals surface area contributed by atoms with Crippen molar-refractivity contribution in [3.05, 3.63) is 94.3 Å². The van der Waals surface area contributed by atoms with Gasteiger partial charge in [-0.2, -0.15) is 5.26 Å². The van der Waals surface area contributed by atoms with Crippen LogP contribution in [0.2, 0.25) is 0 Å². The van der Waals surface area contributed by atoms with Crippen LogP contribution in [0.4, 0.5) is 5.69 Å². The van der Waals surface area contributed by atoms with Gasteiger partial charge in [0.2, 0.25) is 11.6 Å². The molecule has 0 saturated heterocycles. The van der Waals surface area contributed by atoms with Crippen LogP contribution in [0.1, 0.15) is 11.1 Å². The number of anilines is 1. The number of nitriles is 1. The minimum atomic E-state index is -0.416. The molecule has 0 saturated carbocycles. The van der Waals surface area contributed by atoms with Crippen molar-refractivity contribution in [2.75, 3.05) is 5.32 Å². The number of para-hydroxylation sites is 2. The van der Waals surface area contributed by atoms with E-state index in [1.165, 1.54) is 4.57 Å². The lowest BCUT2D eigenvalue weighted by Crippen LogP contribution is -2.29. The molecule has 1 amide bonds. The summed E-state index contributed by atoms with van der Waals surface area (Å²) >= 11 is 0. The predicted molar refractivity (Wildman–Crippen MR) is 125 cm³/mol. The molecule has 8 nitrogen and oxygen atoms in total. The van der Waals surface area contributed by atoms with Crippen molar-refractivity contribution >= 4 is 28.3 Å². The Labute approximate surface area is 188 Å². The first kappa shape index (κ1) is 20.2. The van der Waals surface area contributed by atoms with Crippen molar-refractivity contribution in [1.29, 1.82) is 5.26 Å². The summed E-state index contributed by atoms with van der Waals surface area (Å²) < 4.78 is 3.12. The molecule has 1 N–H and O–H groups in total. The Kier molecular flexibility index (Phi) is 4.92. The van der Waals surface area contributed by atoms with Crippen molar-refractivity contribution in [3.8, 4) is 17.5 Å². The van der Waals surface area contributed by atoms with E-state index in [9.17, 15) is 9.59 Å². The topological polar surface area (TPSA) is 105 Å². The highest BCUT2D eigenvalue weighted by Gasteiger charge is 2.19. The number of nitrogens with zero attached hydrogens (tertiary/aromatic N) is 5. The number of carbonyl (C=O) groups excluding carboxylic acids is 1. The molecule has 5 aromatic rings. The fourth-order valence-electron chi connectivity index (χ4n) is 3.82. The quantitative estimate of drug-likeness (QED) is 0.466. The summed E-state index contributed by atoms with van der Waals surface area (Å²) in [6.07, 6.45) is 0. The average Bonchev–Trinajstić information content (AvgIpc) is 3.28. The fourth-order valence-corrected chi connectivity index (χ4v) is 3.82. The molecule has 0 atom stereocenters. The molecule has 0 aliphatic rings. The standard InChI is InChI=1S/C25H18N6O2/c1-16-9-11-18(12-10-16)23-28-29-24-25(33)30(20-7-2-3-8-21(20)31(23)24)15-22(32)27-19-6-4-5-17(13-19)14-26/h2-13H,15H2,1H3,(H,27,32). The van der Waals surface area contributed by atoms with Gasteiger partial charge in [-0.1, -0.05) is 48.0 Å². The van der Waals surface area contributed by atoms with Crippen LogP contribution in [-0.2, 0) is 11.3 Å². The number of hydrogen-bond donors (Lipinski definition) is 1. The summed E-state index contributed by atoms with van der Waals surface area (Å²) in [6.45, 7) is 1.79. The first-order valence-corrected chi connectivity index (χ1v) is 10.3. The third-order valence-electron chi connectivity index (χ3n) is 5.40. The van der Waals surface area contributed by atoms with Crippen molar-refractivity contribution in [1.82, 2.24) is 19.2 Å². The molecule has 0 aliphatic heterocycles. The van der Waals surface area contributed by atoms with E-state index in [2.05, 4.69) is 15.5 Å². The molecule has 2 heterocycles. The van der Waals surface area contributed by atoms with Crippen molar-refractivity contribution in [2.45, 2.75) is 13.5 Å². The SMILES string of the molecule is Cc1ccc(-c2nnc3c(=O)n(CC(=O)Nc4cccc(C#N)c4)c4ccccc4n23)cc1. The van der Waals surface area contributed by atoms with Crippen molar-refractivity contribution in [3.63, 3.8) is 0 Å². The Morgan fingerprint density at radius 3 is 2.52 bits per heavy atom. The summed E-state index contributed by atoms with van der Waals surface area (Å²) in [5, 5.41) is 20.2. The zero-order chi connectivity index (χ0) is 22.9. The van der Waals surface area contributed by atoms with Gasteiger partial charge in [0.1, 0.15) is 6.54 Å². The summed E-state index contributed by atoms with van der Waals surface area (Å²) in [5.74, 6) is 0.170. The first-order valence-electron chi connectivity index (χ1n) is 10.3. The molecular weight excluding hydrogens is 416 g/mol. The van der Waals surface area contributed by atoms with E-state index in [1.54, 1.807) is 34.7 Å².